The topological polar surface area (TPSA) is 43.4 Å². The van der Waals surface area contributed by atoms with Crippen LogP contribution < -0.4 is 0 Å². The van der Waals surface area contributed by atoms with Crippen molar-refractivity contribution in [2.45, 2.75) is 92.1 Å². The molecule has 4 rings (SSSR count). The first-order valence-electron chi connectivity index (χ1n) is 11.6. The van der Waals surface area contributed by atoms with E-state index in [2.05, 4.69) is 26.8 Å². The van der Waals surface area contributed by atoms with E-state index in [1.54, 1.807) is 5.57 Å². The van der Waals surface area contributed by atoms with Crippen molar-refractivity contribution in [3.8, 4) is 0 Å². The summed E-state index contributed by atoms with van der Waals surface area (Å²) in [7, 11) is 0. The Balaban J connectivity index is 1.61. The Bertz CT molecular complexity index is 694. The van der Waals surface area contributed by atoms with Gasteiger partial charge in [-0.3, -0.25) is 9.59 Å². The summed E-state index contributed by atoms with van der Waals surface area (Å²) < 4.78 is 5.56. The van der Waals surface area contributed by atoms with Gasteiger partial charge >= 0.3 is 5.97 Å². The second-order valence-electron chi connectivity index (χ2n) is 10.8. The SMILES string of the molecule is CC[C@H]1C[C@H]2[C@@H]3CC=C4C[C@H](OC(C)=O)CC[C@]4(C)[C@@H]3CC[C@]2(C)[C@@H]1C(C)=O. The molecule has 0 amide bonds. The van der Waals surface area contributed by atoms with Crippen molar-refractivity contribution in [2.24, 2.45) is 40.4 Å². The maximum Gasteiger partial charge on any atom is 0.302 e. The van der Waals surface area contributed by atoms with E-state index in [-0.39, 0.29) is 28.8 Å². The maximum absolute atomic E-state index is 12.6. The number of carbonyl (C=O) groups is 2. The van der Waals surface area contributed by atoms with Gasteiger partial charge in [-0.1, -0.05) is 38.8 Å². The summed E-state index contributed by atoms with van der Waals surface area (Å²) in [6.45, 7) is 10.6. The molecule has 0 N–H and O–H groups in total. The first-order valence-corrected chi connectivity index (χ1v) is 11.6. The molecule has 8 atom stereocenters. The van der Waals surface area contributed by atoms with Crippen LogP contribution in [0.15, 0.2) is 11.6 Å². The van der Waals surface area contributed by atoms with E-state index in [1.165, 1.54) is 26.2 Å². The molecule has 0 aliphatic heterocycles. The van der Waals surface area contributed by atoms with Crippen molar-refractivity contribution in [3.05, 3.63) is 11.6 Å². The average Bonchev–Trinajstić information content (AvgIpc) is 2.94. The first kappa shape index (κ1) is 20.2. The zero-order chi connectivity index (χ0) is 20.3. The number of hydrogen-bond acceptors (Lipinski definition) is 3. The number of ketones is 1. The molecule has 0 heterocycles. The summed E-state index contributed by atoms with van der Waals surface area (Å²) in [5.74, 6) is 3.25. The quantitative estimate of drug-likeness (QED) is 0.460. The monoisotopic (exact) mass is 386 g/mol. The third kappa shape index (κ3) is 2.91. The highest BCUT2D eigenvalue weighted by molar-refractivity contribution is 5.80. The van der Waals surface area contributed by atoms with Gasteiger partial charge in [0.05, 0.1) is 0 Å². The predicted molar refractivity (Wildman–Crippen MR) is 111 cm³/mol. The van der Waals surface area contributed by atoms with E-state index in [1.807, 2.05) is 6.92 Å². The normalized spacial score (nSPS) is 47.4. The Labute approximate surface area is 170 Å². The Morgan fingerprint density at radius 1 is 1.14 bits per heavy atom. The smallest absolute Gasteiger partial charge is 0.302 e. The molecular formula is C25H38O3. The van der Waals surface area contributed by atoms with Gasteiger partial charge in [0.25, 0.3) is 0 Å². The molecule has 0 aromatic rings. The van der Waals surface area contributed by atoms with Crippen LogP contribution in [-0.4, -0.2) is 17.9 Å². The van der Waals surface area contributed by atoms with Gasteiger partial charge in [0, 0.05) is 19.3 Å². The van der Waals surface area contributed by atoms with Crippen molar-refractivity contribution in [1.29, 1.82) is 0 Å². The number of carbonyl (C=O) groups excluding carboxylic acids is 2. The maximum atomic E-state index is 12.6. The minimum atomic E-state index is -0.150. The number of Topliss-reactive ketones (excluding diaryl/α,β-unsaturated/α-hetero) is 1. The van der Waals surface area contributed by atoms with Crippen LogP contribution in [-0.2, 0) is 14.3 Å². The van der Waals surface area contributed by atoms with Crippen LogP contribution in [0.2, 0.25) is 0 Å². The van der Waals surface area contributed by atoms with E-state index in [9.17, 15) is 9.59 Å². The number of allylic oxidation sites excluding steroid dienone is 1. The fraction of sp³-hybridized carbons (Fsp3) is 0.840. The molecule has 3 nitrogen and oxygen atoms in total. The van der Waals surface area contributed by atoms with Gasteiger partial charge in [0.1, 0.15) is 11.9 Å². The standard InChI is InChI=1S/C25H38O3/c1-6-17-13-22-20-8-7-18-14-19(28-16(3)27)9-11-24(18,4)21(20)10-12-25(22,5)23(17)15(2)26/h7,17,19-23H,6,8-14H2,1-5H3/t17-,19+,20+,21+,22-,23+,24-,25-/m0/s1. The fourth-order valence-corrected chi connectivity index (χ4v) is 8.34. The Morgan fingerprint density at radius 3 is 2.54 bits per heavy atom. The van der Waals surface area contributed by atoms with Crippen LogP contribution in [0.1, 0.15) is 86.0 Å². The van der Waals surface area contributed by atoms with Crippen molar-refractivity contribution in [2.75, 3.05) is 0 Å². The van der Waals surface area contributed by atoms with E-state index < -0.39 is 0 Å². The lowest BCUT2D eigenvalue weighted by atomic mass is 9.47. The van der Waals surface area contributed by atoms with Crippen LogP contribution in [0, 0.1) is 40.4 Å². The number of hydrogen-bond donors (Lipinski definition) is 0. The summed E-state index contributed by atoms with van der Waals surface area (Å²) in [6.07, 6.45) is 11.6. The lowest BCUT2D eigenvalue weighted by Gasteiger charge is -2.58. The van der Waals surface area contributed by atoms with Crippen molar-refractivity contribution < 1.29 is 14.3 Å². The molecular weight excluding hydrogens is 348 g/mol. The summed E-state index contributed by atoms with van der Waals surface area (Å²) >= 11 is 0. The molecule has 3 heteroatoms. The van der Waals surface area contributed by atoms with Crippen LogP contribution >= 0.6 is 0 Å². The highest BCUT2D eigenvalue weighted by Gasteiger charge is 2.61. The fourth-order valence-electron chi connectivity index (χ4n) is 8.34. The second kappa shape index (κ2) is 6.99. The molecule has 156 valence electrons. The number of ether oxygens (including phenoxy) is 1. The minimum absolute atomic E-state index is 0.0697. The van der Waals surface area contributed by atoms with Crippen LogP contribution in [0.3, 0.4) is 0 Å². The van der Waals surface area contributed by atoms with Gasteiger partial charge in [-0.05, 0) is 80.0 Å². The van der Waals surface area contributed by atoms with E-state index >= 15 is 0 Å². The van der Waals surface area contributed by atoms with Gasteiger partial charge in [-0.25, -0.2) is 0 Å². The molecule has 0 aromatic heterocycles. The van der Waals surface area contributed by atoms with Crippen molar-refractivity contribution in [1.82, 2.24) is 0 Å². The molecule has 0 aromatic carbocycles. The zero-order valence-electron chi connectivity index (χ0n) is 18.4. The van der Waals surface area contributed by atoms with Crippen LogP contribution in [0.4, 0.5) is 0 Å². The third-order valence-corrected chi connectivity index (χ3v) is 9.53. The number of esters is 1. The number of rotatable bonds is 3. The first-order chi connectivity index (χ1) is 13.2. The van der Waals surface area contributed by atoms with Crippen molar-refractivity contribution in [3.63, 3.8) is 0 Å². The van der Waals surface area contributed by atoms with Crippen LogP contribution in [0.5, 0.6) is 0 Å². The van der Waals surface area contributed by atoms with Gasteiger partial charge in [0.15, 0.2) is 0 Å². The van der Waals surface area contributed by atoms with E-state index in [0.717, 1.165) is 43.9 Å². The molecule has 3 saturated carbocycles. The lowest BCUT2D eigenvalue weighted by Crippen LogP contribution is -2.51. The lowest BCUT2D eigenvalue weighted by molar-refractivity contribution is -0.149. The number of fused-ring (bicyclic) bond motifs is 5. The molecule has 3 fully saturated rings. The third-order valence-electron chi connectivity index (χ3n) is 9.53. The molecule has 0 unspecified atom stereocenters. The predicted octanol–water partition coefficient (Wildman–Crippen LogP) is 5.72. The Morgan fingerprint density at radius 2 is 1.89 bits per heavy atom. The molecule has 28 heavy (non-hydrogen) atoms. The molecule has 0 radical (unpaired) electrons. The summed E-state index contributed by atoms with van der Waals surface area (Å²) in [5.41, 5.74) is 2.00. The molecule has 0 saturated heterocycles. The minimum Gasteiger partial charge on any atom is -0.462 e. The van der Waals surface area contributed by atoms with Gasteiger partial charge in [-0.2, -0.15) is 0 Å². The molecule has 4 aliphatic carbocycles. The van der Waals surface area contributed by atoms with Gasteiger partial charge in [-0.15, -0.1) is 0 Å². The highest BCUT2D eigenvalue weighted by Crippen LogP contribution is 2.67. The summed E-state index contributed by atoms with van der Waals surface area (Å²) in [4.78, 5) is 24.0. The zero-order valence-corrected chi connectivity index (χ0v) is 18.4. The summed E-state index contributed by atoms with van der Waals surface area (Å²) in [6, 6.07) is 0. The molecule has 0 spiro atoms. The molecule has 4 aliphatic rings. The Hall–Kier alpha value is -1.12. The average molecular weight is 387 g/mol. The van der Waals surface area contributed by atoms with E-state index in [4.69, 9.17) is 4.74 Å². The van der Waals surface area contributed by atoms with E-state index in [0.29, 0.717) is 17.6 Å². The second-order valence-corrected chi connectivity index (χ2v) is 10.8. The highest BCUT2D eigenvalue weighted by atomic mass is 16.5. The largest absolute Gasteiger partial charge is 0.462 e. The Kier molecular flexibility index (Phi) is 5.03. The van der Waals surface area contributed by atoms with Crippen molar-refractivity contribution >= 4 is 11.8 Å². The summed E-state index contributed by atoms with van der Waals surface area (Å²) in [5, 5.41) is 0. The van der Waals surface area contributed by atoms with Gasteiger partial charge < -0.3 is 4.74 Å². The van der Waals surface area contributed by atoms with Crippen LogP contribution in [0.25, 0.3) is 0 Å². The molecule has 0 bridgehead atoms. The van der Waals surface area contributed by atoms with Gasteiger partial charge in [0.2, 0.25) is 0 Å².